The second kappa shape index (κ2) is 6.42. The molecule has 0 aliphatic carbocycles. The number of hydrogen-bond acceptors (Lipinski definition) is 2. The van der Waals surface area contributed by atoms with Crippen LogP contribution in [0.25, 0.3) is 0 Å². The van der Waals surface area contributed by atoms with Gasteiger partial charge < -0.3 is 10.2 Å². The Labute approximate surface area is 127 Å². The van der Waals surface area contributed by atoms with E-state index in [1.165, 1.54) is 22.3 Å². The molecule has 0 fully saturated rings. The number of benzene rings is 2. The second-order valence-electron chi connectivity index (χ2n) is 6.21. The van der Waals surface area contributed by atoms with Gasteiger partial charge in [0.15, 0.2) is 0 Å². The number of likely N-dealkylation sites (N-methyl/N-ethyl adjacent to an activating group) is 1. The summed E-state index contributed by atoms with van der Waals surface area (Å²) in [4.78, 5) is 2.43. The van der Waals surface area contributed by atoms with Crippen LogP contribution in [-0.2, 0) is 13.1 Å². The molecule has 21 heavy (non-hydrogen) atoms. The molecule has 0 aromatic heterocycles. The van der Waals surface area contributed by atoms with Crippen molar-refractivity contribution in [2.75, 3.05) is 20.1 Å². The van der Waals surface area contributed by atoms with Gasteiger partial charge >= 0.3 is 0 Å². The van der Waals surface area contributed by atoms with Crippen molar-refractivity contribution in [3.8, 4) is 0 Å². The van der Waals surface area contributed by atoms with E-state index in [1.807, 2.05) is 0 Å². The number of aryl methyl sites for hydroxylation is 1. The zero-order chi connectivity index (χ0) is 14.7. The van der Waals surface area contributed by atoms with Crippen molar-refractivity contribution in [2.24, 2.45) is 0 Å². The first kappa shape index (κ1) is 14.3. The molecule has 0 spiro atoms. The third-order valence-electron chi connectivity index (χ3n) is 4.27. The average molecular weight is 280 g/mol. The summed E-state index contributed by atoms with van der Waals surface area (Å²) in [5, 5.41) is 3.54. The number of nitrogens with one attached hydrogen (secondary N) is 1. The fraction of sp³-hybridized carbons (Fsp3) is 0.368. The summed E-state index contributed by atoms with van der Waals surface area (Å²) in [7, 11) is 2.22. The van der Waals surface area contributed by atoms with E-state index in [9.17, 15) is 0 Å². The van der Waals surface area contributed by atoms with Gasteiger partial charge in [-0.05, 0) is 30.7 Å². The molecule has 2 aromatic rings. The van der Waals surface area contributed by atoms with Gasteiger partial charge in [-0.1, -0.05) is 54.1 Å². The number of fused-ring (bicyclic) bond motifs is 1. The van der Waals surface area contributed by atoms with Crippen molar-refractivity contribution in [3.05, 3.63) is 70.8 Å². The van der Waals surface area contributed by atoms with E-state index in [0.29, 0.717) is 5.92 Å². The quantitative estimate of drug-likeness (QED) is 0.924. The lowest BCUT2D eigenvalue weighted by atomic mass is 9.90. The summed E-state index contributed by atoms with van der Waals surface area (Å²) in [5.41, 5.74) is 5.71. The topological polar surface area (TPSA) is 15.3 Å². The minimum atomic E-state index is 0.588. The van der Waals surface area contributed by atoms with Crippen LogP contribution < -0.4 is 5.32 Å². The van der Waals surface area contributed by atoms with E-state index in [1.54, 1.807) is 0 Å². The first-order valence-corrected chi connectivity index (χ1v) is 7.75. The number of rotatable bonds is 4. The Kier molecular flexibility index (Phi) is 4.37. The first-order chi connectivity index (χ1) is 10.2. The molecule has 1 N–H and O–H groups in total. The van der Waals surface area contributed by atoms with Gasteiger partial charge in [0.2, 0.25) is 0 Å². The van der Waals surface area contributed by atoms with Crippen LogP contribution in [-0.4, -0.2) is 25.0 Å². The third kappa shape index (κ3) is 3.52. The van der Waals surface area contributed by atoms with Crippen LogP contribution in [0.5, 0.6) is 0 Å². The Hall–Kier alpha value is -1.64. The van der Waals surface area contributed by atoms with E-state index in [4.69, 9.17) is 0 Å². The fourth-order valence-corrected chi connectivity index (χ4v) is 3.31. The SMILES string of the molecule is Cc1cccc(CN(C)CC2CNCc3ccccc32)c1. The van der Waals surface area contributed by atoms with Gasteiger partial charge in [-0.25, -0.2) is 0 Å². The van der Waals surface area contributed by atoms with Crippen molar-refractivity contribution in [2.45, 2.75) is 25.9 Å². The zero-order valence-electron chi connectivity index (χ0n) is 13.0. The van der Waals surface area contributed by atoms with E-state index in [-0.39, 0.29) is 0 Å². The molecule has 0 saturated carbocycles. The second-order valence-corrected chi connectivity index (χ2v) is 6.21. The zero-order valence-corrected chi connectivity index (χ0v) is 13.0. The van der Waals surface area contributed by atoms with Crippen LogP contribution >= 0.6 is 0 Å². The van der Waals surface area contributed by atoms with Crippen LogP contribution in [0.3, 0.4) is 0 Å². The van der Waals surface area contributed by atoms with E-state index < -0.39 is 0 Å². The van der Waals surface area contributed by atoms with Gasteiger partial charge in [0.05, 0.1) is 0 Å². The lowest BCUT2D eigenvalue weighted by molar-refractivity contribution is 0.293. The van der Waals surface area contributed by atoms with Crippen LogP contribution in [0.15, 0.2) is 48.5 Å². The smallest absolute Gasteiger partial charge is 0.0231 e. The Morgan fingerprint density at radius 3 is 2.86 bits per heavy atom. The highest BCUT2D eigenvalue weighted by molar-refractivity contribution is 5.33. The van der Waals surface area contributed by atoms with E-state index in [0.717, 1.165) is 26.2 Å². The van der Waals surface area contributed by atoms with Crippen LogP contribution in [0.2, 0.25) is 0 Å². The highest BCUT2D eigenvalue weighted by atomic mass is 15.1. The Bertz CT molecular complexity index is 606. The molecule has 2 aromatic carbocycles. The van der Waals surface area contributed by atoms with Gasteiger partial charge in [0.25, 0.3) is 0 Å². The molecule has 2 heteroatoms. The first-order valence-electron chi connectivity index (χ1n) is 7.75. The van der Waals surface area contributed by atoms with Crippen LogP contribution in [0.1, 0.15) is 28.2 Å². The molecule has 0 bridgehead atoms. The summed E-state index contributed by atoms with van der Waals surface area (Å²) < 4.78 is 0. The number of hydrogen-bond donors (Lipinski definition) is 1. The molecule has 1 aliphatic heterocycles. The standard InChI is InChI=1S/C19H24N2/c1-15-6-5-7-16(10-15)13-21(2)14-18-12-20-11-17-8-3-4-9-19(17)18/h3-10,18,20H,11-14H2,1-2H3. The van der Waals surface area contributed by atoms with Gasteiger partial charge in [-0.15, -0.1) is 0 Å². The van der Waals surface area contributed by atoms with E-state index in [2.05, 4.69) is 72.7 Å². The fourth-order valence-electron chi connectivity index (χ4n) is 3.31. The molecule has 0 radical (unpaired) electrons. The Morgan fingerprint density at radius 2 is 2.00 bits per heavy atom. The largest absolute Gasteiger partial charge is 0.312 e. The predicted molar refractivity (Wildman–Crippen MR) is 88.4 cm³/mol. The minimum Gasteiger partial charge on any atom is -0.312 e. The monoisotopic (exact) mass is 280 g/mol. The van der Waals surface area contributed by atoms with Crippen molar-refractivity contribution in [3.63, 3.8) is 0 Å². The summed E-state index contributed by atoms with van der Waals surface area (Å²) in [5.74, 6) is 0.588. The Balaban J connectivity index is 1.67. The molecule has 3 rings (SSSR count). The molecule has 1 unspecified atom stereocenters. The van der Waals surface area contributed by atoms with Gasteiger partial charge in [0, 0.05) is 32.1 Å². The molecular formula is C19H24N2. The lowest BCUT2D eigenvalue weighted by Gasteiger charge is -2.30. The lowest BCUT2D eigenvalue weighted by Crippen LogP contribution is -2.35. The van der Waals surface area contributed by atoms with Crippen molar-refractivity contribution in [1.82, 2.24) is 10.2 Å². The highest BCUT2D eigenvalue weighted by Crippen LogP contribution is 2.24. The molecule has 2 nitrogen and oxygen atoms in total. The van der Waals surface area contributed by atoms with Crippen molar-refractivity contribution >= 4 is 0 Å². The molecule has 1 heterocycles. The predicted octanol–water partition coefficient (Wildman–Crippen LogP) is 3.31. The molecule has 1 aliphatic rings. The van der Waals surface area contributed by atoms with Gasteiger partial charge in [0.1, 0.15) is 0 Å². The number of nitrogens with zero attached hydrogens (tertiary/aromatic N) is 1. The Morgan fingerprint density at radius 1 is 1.14 bits per heavy atom. The maximum absolute atomic E-state index is 3.54. The highest BCUT2D eigenvalue weighted by Gasteiger charge is 2.20. The van der Waals surface area contributed by atoms with Gasteiger partial charge in [-0.3, -0.25) is 0 Å². The molecular weight excluding hydrogens is 256 g/mol. The van der Waals surface area contributed by atoms with Crippen molar-refractivity contribution in [1.29, 1.82) is 0 Å². The maximum atomic E-state index is 3.54. The third-order valence-corrected chi connectivity index (χ3v) is 4.27. The van der Waals surface area contributed by atoms with Crippen molar-refractivity contribution < 1.29 is 0 Å². The molecule has 110 valence electrons. The van der Waals surface area contributed by atoms with E-state index >= 15 is 0 Å². The van der Waals surface area contributed by atoms with Crippen LogP contribution in [0.4, 0.5) is 0 Å². The van der Waals surface area contributed by atoms with Gasteiger partial charge in [-0.2, -0.15) is 0 Å². The summed E-state index contributed by atoms with van der Waals surface area (Å²) >= 11 is 0. The summed E-state index contributed by atoms with van der Waals surface area (Å²) in [6, 6.07) is 17.6. The summed E-state index contributed by atoms with van der Waals surface area (Å²) in [6.07, 6.45) is 0. The summed E-state index contributed by atoms with van der Waals surface area (Å²) in [6.45, 7) is 6.35. The molecule has 0 saturated heterocycles. The maximum Gasteiger partial charge on any atom is 0.0231 e. The molecule has 0 amide bonds. The molecule has 1 atom stereocenters. The average Bonchev–Trinajstić information content (AvgIpc) is 2.47. The normalized spacial score (nSPS) is 17.8. The minimum absolute atomic E-state index is 0.588. The van der Waals surface area contributed by atoms with Crippen LogP contribution in [0, 0.1) is 6.92 Å².